The molecule has 0 saturated heterocycles. The molecule has 10 heteroatoms. The van der Waals surface area contributed by atoms with Gasteiger partial charge in [0, 0.05) is 12.7 Å². The summed E-state index contributed by atoms with van der Waals surface area (Å²) >= 11 is 0. The Kier molecular flexibility index (Phi) is 8.32. The number of nitrogens with one attached hydrogen (secondary N) is 4. The van der Waals surface area contributed by atoms with Gasteiger partial charge in [-0.2, -0.15) is 5.26 Å². The Morgan fingerprint density at radius 2 is 1.88 bits per heavy atom. The van der Waals surface area contributed by atoms with Crippen molar-refractivity contribution in [3.63, 3.8) is 0 Å². The minimum absolute atomic E-state index is 0.256. The molecule has 0 aromatic heterocycles. The molecule has 2 aromatic rings. The summed E-state index contributed by atoms with van der Waals surface area (Å²) in [5.41, 5.74) is 8.10. The van der Waals surface area contributed by atoms with E-state index in [1.54, 1.807) is 29.4 Å². The van der Waals surface area contributed by atoms with Gasteiger partial charge in [-0.1, -0.05) is 37.3 Å². The molecule has 1 unspecified atom stereocenters. The van der Waals surface area contributed by atoms with E-state index in [9.17, 15) is 14.9 Å². The maximum atomic E-state index is 12.6. The zero-order valence-corrected chi connectivity index (χ0v) is 19.3. The second-order valence-electron chi connectivity index (χ2n) is 7.40. The number of carbonyl (C=O) groups is 2. The van der Waals surface area contributed by atoms with Crippen LogP contribution in [0.4, 0.5) is 0 Å². The fraction of sp³-hybridized carbons (Fsp3) is 0.292. The van der Waals surface area contributed by atoms with Gasteiger partial charge in [-0.25, -0.2) is 0 Å². The van der Waals surface area contributed by atoms with Gasteiger partial charge >= 0.3 is 0 Å². The Morgan fingerprint density at radius 3 is 2.53 bits per heavy atom. The topological polar surface area (TPSA) is 128 Å². The number of carbonyl (C=O) groups excluding carboxylic acids is 2. The molecule has 2 amide bonds. The average Bonchev–Trinajstić information content (AvgIpc) is 3.35. The molecular weight excluding hydrogens is 436 g/mol. The molecule has 1 aliphatic rings. The van der Waals surface area contributed by atoms with E-state index in [0.717, 1.165) is 12.0 Å². The van der Waals surface area contributed by atoms with Crippen molar-refractivity contribution in [2.24, 2.45) is 0 Å². The van der Waals surface area contributed by atoms with Crippen molar-refractivity contribution in [3.05, 3.63) is 71.1 Å². The highest BCUT2D eigenvalue weighted by atomic mass is 16.5. The number of nitriles is 1. The maximum absolute atomic E-state index is 12.6. The summed E-state index contributed by atoms with van der Waals surface area (Å²) in [5.74, 6) is 0.0944. The van der Waals surface area contributed by atoms with Crippen LogP contribution in [0.1, 0.15) is 34.5 Å². The third-order valence-electron chi connectivity index (χ3n) is 5.28. The molecule has 4 N–H and O–H groups in total. The Balaban J connectivity index is 1.53. The van der Waals surface area contributed by atoms with Crippen LogP contribution in [0.2, 0.25) is 0 Å². The number of para-hydroxylation sites is 1. The van der Waals surface area contributed by atoms with Crippen LogP contribution in [-0.2, 0) is 11.2 Å². The molecule has 0 spiro atoms. The highest BCUT2D eigenvalue weighted by molar-refractivity contribution is 5.97. The molecule has 0 bridgehead atoms. The van der Waals surface area contributed by atoms with Crippen molar-refractivity contribution in [1.29, 1.82) is 5.26 Å². The molecule has 0 radical (unpaired) electrons. The van der Waals surface area contributed by atoms with E-state index in [0.29, 0.717) is 35.7 Å². The molecule has 0 fully saturated rings. The van der Waals surface area contributed by atoms with Crippen LogP contribution in [0.25, 0.3) is 0 Å². The fourth-order valence-corrected chi connectivity index (χ4v) is 3.38. The smallest absolute Gasteiger partial charge is 0.271 e. The molecule has 178 valence electrons. The largest absolute Gasteiger partial charge is 0.493 e. The van der Waals surface area contributed by atoms with Gasteiger partial charge in [0.1, 0.15) is 11.7 Å². The number of rotatable bonds is 10. The number of ether oxygens (including phenoxy) is 2. The first-order chi connectivity index (χ1) is 16.5. The quantitative estimate of drug-likeness (QED) is 0.417. The van der Waals surface area contributed by atoms with E-state index in [1.165, 1.54) is 14.2 Å². The van der Waals surface area contributed by atoms with E-state index in [-0.39, 0.29) is 11.6 Å². The average molecular weight is 465 g/mol. The van der Waals surface area contributed by atoms with Gasteiger partial charge in [0.05, 0.1) is 32.4 Å². The summed E-state index contributed by atoms with van der Waals surface area (Å²) in [6.45, 7) is 2.72. The van der Waals surface area contributed by atoms with Crippen LogP contribution in [0, 0.1) is 11.3 Å². The standard InChI is InChI=1S/C24H28N6O4/c1-4-16-8-10-17(11-9-16)19(14-25)27-24(32)20-15-30(29-28-20)13-12-26-23(31)18-6-5-7-21(33-2)22(18)34-3/h5-11,15,19,28-29H,4,12-13H2,1-3H3,(H,26,31)(H,27,32). The first kappa shape index (κ1) is 24.4. The number of benzene rings is 2. The minimum atomic E-state index is -0.771. The molecule has 3 rings (SSSR count). The zero-order valence-electron chi connectivity index (χ0n) is 19.3. The van der Waals surface area contributed by atoms with Crippen molar-refractivity contribution in [2.75, 3.05) is 27.3 Å². The van der Waals surface area contributed by atoms with Crippen molar-refractivity contribution in [2.45, 2.75) is 19.4 Å². The van der Waals surface area contributed by atoms with E-state index in [1.807, 2.05) is 24.3 Å². The lowest BCUT2D eigenvalue weighted by Gasteiger charge is -2.16. The minimum Gasteiger partial charge on any atom is -0.493 e. The number of methoxy groups -OCH3 is 2. The van der Waals surface area contributed by atoms with Crippen molar-refractivity contribution < 1.29 is 19.1 Å². The van der Waals surface area contributed by atoms with E-state index in [2.05, 4.69) is 34.6 Å². The lowest BCUT2D eigenvalue weighted by atomic mass is 10.0. The number of hydrazine groups is 2. The lowest BCUT2D eigenvalue weighted by Crippen LogP contribution is -2.42. The fourth-order valence-electron chi connectivity index (χ4n) is 3.38. The molecule has 34 heavy (non-hydrogen) atoms. The summed E-state index contributed by atoms with van der Waals surface area (Å²) in [5, 5.41) is 16.6. The normalized spacial score (nSPS) is 13.2. The van der Waals surface area contributed by atoms with Crippen molar-refractivity contribution in [3.8, 4) is 17.6 Å². The maximum Gasteiger partial charge on any atom is 0.271 e. The summed E-state index contributed by atoms with van der Waals surface area (Å²) in [6.07, 6.45) is 2.47. The van der Waals surface area contributed by atoms with Crippen LogP contribution >= 0.6 is 0 Å². The van der Waals surface area contributed by atoms with Crippen molar-refractivity contribution >= 4 is 11.8 Å². The summed E-state index contributed by atoms with van der Waals surface area (Å²) in [7, 11) is 2.98. The SMILES string of the molecule is CCc1ccc(C(C#N)NC(=O)C2=CN(CCNC(=O)c3cccc(OC)c3OC)NN2)cc1. The Labute approximate surface area is 198 Å². The van der Waals surface area contributed by atoms with Crippen LogP contribution in [0.5, 0.6) is 11.5 Å². The van der Waals surface area contributed by atoms with Crippen molar-refractivity contribution in [1.82, 2.24) is 26.6 Å². The third kappa shape index (κ3) is 5.76. The van der Waals surface area contributed by atoms with Gasteiger partial charge in [0.25, 0.3) is 11.8 Å². The highest BCUT2D eigenvalue weighted by Crippen LogP contribution is 2.30. The summed E-state index contributed by atoms with van der Waals surface area (Å²) in [6, 6.07) is 14.0. The lowest BCUT2D eigenvalue weighted by molar-refractivity contribution is -0.118. The van der Waals surface area contributed by atoms with E-state index >= 15 is 0 Å². The molecular formula is C24H28N6O4. The van der Waals surface area contributed by atoms with Gasteiger partial charge in [-0.05, 0) is 29.7 Å². The predicted molar refractivity (Wildman–Crippen MR) is 125 cm³/mol. The first-order valence-electron chi connectivity index (χ1n) is 10.8. The number of hydrogen-bond acceptors (Lipinski definition) is 8. The van der Waals surface area contributed by atoms with Gasteiger partial charge in [0.15, 0.2) is 11.5 Å². The first-order valence-corrected chi connectivity index (χ1v) is 10.8. The molecule has 10 nitrogen and oxygen atoms in total. The number of nitrogens with zero attached hydrogens (tertiary/aromatic N) is 2. The number of amides is 2. The summed E-state index contributed by atoms with van der Waals surface area (Å²) in [4.78, 5) is 25.2. The second kappa shape index (κ2) is 11.6. The third-order valence-corrected chi connectivity index (χ3v) is 5.28. The van der Waals surface area contributed by atoms with Gasteiger partial charge < -0.3 is 20.1 Å². The van der Waals surface area contributed by atoms with E-state index in [4.69, 9.17) is 9.47 Å². The zero-order chi connectivity index (χ0) is 24.5. The number of aryl methyl sites for hydroxylation is 1. The monoisotopic (exact) mass is 464 g/mol. The van der Waals surface area contributed by atoms with Crippen LogP contribution in [0.3, 0.4) is 0 Å². The molecule has 1 atom stereocenters. The molecule has 2 aromatic carbocycles. The van der Waals surface area contributed by atoms with E-state index < -0.39 is 11.9 Å². The number of hydrogen-bond donors (Lipinski definition) is 4. The molecule has 0 aliphatic carbocycles. The predicted octanol–water partition coefficient (Wildman–Crippen LogP) is 1.54. The van der Waals surface area contributed by atoms with Crippen LogP contribution in [0.15, 0.2) is 54.4 Å². The molecule has 1 aliphatic heterocycles. The van der Waals surface area contributed by atoms with Crippen LogP contribution in [-0.4, -0.2) is 44.1 Å². The van der Waals surface area contributed by atoms with Gasteiger partial charge in [-0.15, -0.1) is 5.53 Å². The Hall–Kier alpha value is -4.23. The van der Waals surface area contributed by atoms with Gasteiger partial charge in [-0.3, -0.25) is 20.0 Å². The Morgan fingerprint density at radius 1 is 1.12 bits per heavy atom. The summed E-state index contributed by atoms with van der Waals surface area (Å²) < 4.78 is 10.5. The molecule has 1 heterocycles. The second-order valence-corrected chi connectivity index (χ2v) is 7.40. The highest BCUT2D eigenvalue weighted by Gasteiger charge is 2.22. The van der Waals surface area contributed by atoms with Crippen LogP contribution < -0.4 is 31.1 Å². The molecule has 0 saturated carbocycles. The Bertz CT molecular complexity index is 1090. The van der Waals surface area contributed by atoms with Gasteiger partial charge in [0.2, 0.25) is 0 Å².